The molecule has 1 saturated heterocycles. The van der Waals surface area contributed by atoms with Crippen LogP contribution in [0.2, 0.25) is 0 Å². The molecular formula is C47H65N17O9S. The van der Waals surface area contributed by atoms with Gasteiger partial charge in [-0.1, -0.05) is 48.5 Å². The molecule has 7 amide bonds. The molecule has 26 nitrogen and oxygen atoms in total. The number of carboxylic acids is 1. The number of fused-ring (bicyclic) bond motifs is 1. The highest BCUT2D eigenvalue weighted by molar-refractivity contribution is 8.00. The third kappa shape index (κ3) is 17.8. The van der Waals surface area contributed by atoms with E-state index >= 15 is 0 Å². The van der Waals surface area contributed by atoms with Crippen molar-refractivity contribution in [1.82, 2.24) is 52.2 Å². The number of hydrogen-bond acceptors (Lipinski definition) is 13. The maximum Gasteiger partial charge on any atom is 0.318 e. The van der Waals surface area contributed by atoms with Crippen LogP contribution >= 0.6 is 11.8 Å². The molecule has 0 spiro atoms. The fourth-order valence-electron chi connectivity index (χ4n) is 7.74. The van der Waals surface area contributed by atoms with Gasteiger partial charge in [-0.15, -0.1) is 11.8 Å². The van der Waals surface area contributed by atoms with E-state index in [4.69, 9.17) is 28.7 Å². The Balaban J connectivity index is 1.54. The molecule has 1 fully saturated rings. The summed E-state index contributed by atoms with van der Waals surface area (Å²) in [5, 5.41) is 28.3. The third-order valence-corrected chi connectivity index (χ3v) is 13.0. The van der Waals surface area contributed by atoms with E-state index in [0.29, 0.717) is 35.0 Å². The van der Waals surface area contributed by atoms with Crippen molar-refractivity contribution < 1.29 is 43.5 Å². The lowest BCUT2D eigenvalue weighted by atomic mass is 10.0. The van der Waals surface area contributed by atoms with Crippen LogP contribution in [0, 0.1) is 0 Å². The lowest BCUT2D eigenvalue weighted by molar-refractivity contribution is -0.136. The molecule has 4 aromatic rings. The van der Waals surface area contributed by atoms with E-state index in [0.717, 1.165) is 10.9 Å². The molecule has 1 aliphatic heterocycles. The Bertz CT molecular complexity index is 2620. The minimum Gasteiger partial charge on any atom is -0.480 e. The topological polar surface area (TPSA) is 440 Å². The van der Waals surface area contributed by atoms with Gasteiger partial charge < -0.3 is 81.0 Å². The Morgan fingerprint density at radius 3 is 2.01 bits per heavy atom. The number of nitrogens with one attached hydrogen (secondary N) is 9. The Morgan fingerprint density at radius 1 is 0.743 bits per heavy atom. The summed E-state index contributed by atoms with van der Waals surface area (Å²) in [6.45, 7) is 1.02. The number of thioether (sulfide) groups is 1. The van der Waals surface area contributed by atoms with Crippen molar-refractivity contribution in [1.29, 1.82) is 0 Å². The molecule has 0 unspecified atom stereocenters. The first-order chi connectivity index (χ1) is 35.4. The van der Waals surface area contributed by atoms with Gasteiger partial charge in [0.05, 0.1) is 12.4 Å². The van der Waals surface area contributed by atoms with E-state index in [1.807, 2.05) is 18.2 Å². The van der Waals surface area contributed by atoms with Crippen molar-refractivity contribution in [2.75, 3.05) is 25.4 Å². The van der Waals surface area contributed by atoms with Gasteiger partial charge in [0.25, 0.3) is 0 Å². The number of carbonyl (C=O) groups is 8. The summed E-state index contributed by atoms with van der Waals surface area (Å²) < 4.78 is 0. The summed E-state index contributed by atoms with van der Waals surface area (Å²) in [6, 6.07) is 6.43. The first-order valence-electron chi connectivity index (χ1n) is 23.7. The fraction of sp³-hybridized carbons (Fsp3) is 0.426. The number of aliphatic carboxylic acids is 1. The minimum absolute atomic E-state index is 0.0534. The number of H-pyrrole nitrogens is 2. The predicted octanol–water partition coefficient (Wildman–Crippen LogP) is -3.40. The Kier molecular flexibility index (Phi) is 21.6. The second-order valence-corrected chi connectivity index (χ2v) is 18.7. The highest BCUT2D eigenvalue weighted by Gasteiger charge is 2.35. The number of imidazole rings is 1. The SMILES string of the molecule is C[C@H]1NC(=O)[C@@H](NC(=O)[C@@H](N)CCCN=C(N)N)CS[C@@H](C(=O)O)CNC(=O)[C@H](Cc2c[nH]c3ccccc23)NC(=O)[C@H](CCCN=C(N)N)NC(=O)[C@@H](Cc2ccccc2)NC(=O)[C@H](Cc2cnc[nH]2)NC1=O. The van der Waals surface area contributed by atoms with E-state index in [1.54, 1.807) is 42.6 Å². The van der Waals surface area contributed by atoms with E-state index < -0.39 is 107 Å². The van der Waals surface area contributed by atoms with Gasteiger partial charge in [0.2, 0.25) is 41.4 Å². The quantitative estimate of drug-likeness (QED) is 0.0278. The highest BCUT2D eigenvalue weighted by atomic mass is 32.2. The minimum atomic E-state index is -1.50. The molecule has 27 heteroatoms. The van der Waals surface area contributed by atoms with E-state index in [1.165, 1.54) is 19.4 Å². The molecule has 2 aromatic carbocycles. The lowest BCUT2D eigenvalue weighted by Gasteiger charge is -2.28. The average Bonchev–Trinajstić information content (AvgIpc) is 4.04. The van der Waals surface area contributed by atoms with E-state index in [-0.39, 0.29) is 63.5 Å². The molecule has 5 rings (SSSR count). The normalized spacial score (nSPS) is 22.2. The van der Waals surface area contributed by atoms with Gasteiger partial charge in [0.15, 0.2) is 11.9 Å². The van der Waals surface area contributed by atoms with E-state index in [2.05, 4.69) is 62.2 Å². The zero-order valence-corrected chi connectivity index (χ0v) is 41.5. The second-order valence-electron chi connectivity index (χ2n) is 17.5. The van der Waals surface area contributed by atoms with Crippen LogP contribution in [0.1, 0.15) is 49.4 Å². The molecule has 0 saturated carbocycles. The maximum absolute atomic E-state index is 14.6. The second kappa shape index (κ2) is 28.1. The number of nitrogens with two attached hydrogens (primary N) is 5. The molecule has 0 bridgehead atoms. The number of aromatic amines is 2. The standard InChI is InChI=1S/C47H65N17O9S/c1-25-38(65)61-35(19-28-21-53-24-58-28)43(70)62-33(17-26-9-3-2-4-10-26)42(69)60-32(14-8-16-55-47(51)52)41(68)63-34(18-27-20-56-31-13-6-5-11-29(27)31)40(67)57-22-37(45(72)73)74-23-36(44(71)59-25)64-39(66)30(48)12-7-15-54-46(49)50/h2-6,9-11,13,20-21,24-25,30,32-37,56H,7-8,12,14-19,22-23,48H2,1H3,(H,53,58)(H,57,67)(H,59,71)(H,60,69)(H,61,65)(H,62,70)(H,63,68)(H,64,66)(H,72,73)(H4,49,50,54)(H4,51,52,55)/t25-,30+,32+,33-,34+,35+,36+,37-/m1/s1. The van der Waals surface area contributed by atoms with Crippen molar-refractivity contribution in [3.05, 3.63) is 90.1 Å². The molecule has 20 N–H and O–H groups in total. The molecule has 74 heavy (non-hydrogen) atoms. The Labute approximate surface area is 429 Å². The van der Waals surface area contributed by atoms with Crippen LogP contribution in [0.15, 0.2) is 83.3 Å². The van der Waals surface area contributed by atoms with Gasteiger partial charge in [-0.25, -0.2) is 4.98 Å². The van der Waals surface area contributed by atoms with Crippen molar-refractivity contribution in [2.24, 2.45) is 38.7 Å². The van der Waals surface area contributed by atoms with Crippen molar-refractivity contribution in [3.63, 3.8) is 0 Å². The number of amides is 7. The van der Waals surface area contributed by atoms with E-state index in [9.17, 15) is 43.5 Å². The summed E-state index contributed by atoms with van der Waals surface area (Å²) in [7, 11) is 0. The number of aliphatic imine (C=N–C) groups is 2. The number of rotatable bonds is 17. The Morgan fingerprint density at radius 2 is 1.35 bits per heavy atom. The van der Waals surface area contributed by atoms with Crippen molar-refractivity contribution in [2.45, 2.75) is 99.4 Å². The van der Waals surface area contributed by atoms with Crippen LogP contribution in [0.3, 0.4) is 0 Å². The van der Waals surface area contributed by atoms with Gasteiger partial charge in [-0.2, -0.15) is 0 Å². The molecule has 398 valence electrons. The number of para-hydroxylation sites is 1. The molecule has 2 aromatic heterocycles. The molecule has 8 atom stereocenters. The number of carboxylic acid groups (broad SMARTS) is 1. The van der Waals surface area contributed by atoms with Crippen LogP contribution < -0.4 is 65.9 Å². The van der Waals surface area contributed by atoms with Gasteiger partial charge in [-0.3, -0.25) is 48.3 Å². The summed E-state index contributed by atoms with van der Waals surface area (Å²) in [5.74, 6) is -7.96. The van der Waals surface area contributed by atoms with Gasteiger partial charge in [0.1, 0.15) is 41.5 Å². The number of nitrogens with zero attached hydrogens (tertiary/aromatic N) is 3. The van der Waals surface area contributed by atoms with Gasteiger partial charge >= 0.3 is 5.97 Å². The summed E-state index contributed by atoms with van der Waals surface area (Å²) in [5.41, 5.74) is 30.5. The number of carbonyl (C=O) groups excluding carboxylic acids is 7. The monoisotopic (exact) mass is 1040 g/mol. The summed E-state index contributed by atoms with van der Waals surface area (Å²) in [4.78, 5) is 130. The fourth-order valence-corrected chi connectivity index (χ4v) is 8.74. The van der Waals surface area contributed by atoms with Crippen molar-refractivity contribution in [3.8, 4) is 0 Å². The van der Waals surface area contributed by atoms with Crippen LogP contribution in [0.25, 0.3) is 10.9 Å². The first kappa shape index (κ1) is 56.7. The van der Waals surface area contributed by atoms with Crippen molar-refractivity contribution >= 4 is 81.9 Å². The number of aromatic nitrogens is 3. The van der Waals surface area contributed by atoms with Crippen LogP contribution in [0.4, 0.5) is 0 Å². The maximum atomic E-state index is 14.6. The molecular weight excluding hydrogens is 979 g/mol. The first-order valence-corrected chi connectivity index (χ1v) is 24.8. The smallest absolute Gasteiger partial charge is 0.318 e. The molecule has 0 aliphatic carbocycles. The molecule has 3 heterocycles. The number of benzene rings is 2. The van der Waals surface area contributed by atoms with Crippen LogP contribution in [0.5, 0.6) is 0 Å². The molecule has 1 aliphatic rings. The zero-order valence-electron chi connectivity index (χ0n) is 40.7. The summed E-state index contributed by atoms with van der Waals surface area (Å²) >= 11 is 0.697. The zero-order chi connectivity index (χ0) is 53.7. The highest BCUT2D eigenvalue weighted by Crippen LogP contribution is 2.20. The third-order valence-electron chi connectivity index (χ3n) is 11.7. The van der Waals surface area contributed by atoms with Crippen LogP contribution in [-0.2, 0) is 57.6 Å². The van der Waals surface area contributed by atoms with Gasteiger partial charge in [-0.05, 0) is 49.8 Å². The van der Waals surface area contributed by atoms with Gasteiger partial charge in [0, 0.05) is 73.6 Å². The average molecular weight is 1040 g/mol. The number of guanidine groups is 2. The lowest BCUT2D eigenvalue weighted by Crippen LogP contribution is -2.60. The largest absolute Gasteiger partial charge is 0.480 e. The number of hydrogen-bond donors (Lipinski definition) is 15. The summed E-state index contributed by atoms with van der Waals surface area (Å²) in [6.07, 6.45) is 4.62. The predicted molar refractivity (Wildman–Crippen MR) is 276 cm³/mol. The Hall–Kier alpha value is -8.20. The van der Waals surface area contributed by atoms with Crippen LogP contribution in [-0.4, -0.2) is 152 Å². The molecule has 0 radical (unpaired) electrons.